The van der Waals surface area contributed by atoms with E-state index in [-0.39, 0.29) is 18.4 Å². The number of nitrogens with zero attached hydrogens (tertiary/aromatic N) is 3. The van der Waals surface area contributed by atoms with E-state index >= 15 is 0 Å². The van der Waals surface area contributed by atoms with Gasteiger partial charge in [-0.1, -0.05) is 0 Å². The van der Waals surface area contributed by atoms with Gasteiger partial charge in [0.25, 0.3) is 5.56 Å². The molecular formula is C14H13F3N6O2. The van der Waals surface area contributed by atoms with Crippen molar-refractivity contribution in [2.24, 2.45) is 0 Å². The number of carbonyl (C=O) groups is 1. The first-order valence-corrected chi connectivity index (χ1v) is 7.05. The summed E-state index contributed by atoms with van der Waals surface area (Å²) in [5, 5.41) is 16.1. The van der Waals surface area contributed by atoms with Gasteiger partial charge in [-0.25, -0.2) is 0 Å². The number of pyridine rings is 1. The molecule has 0 radical (unpaired) electrons. The maximum absolute atomic E-state index is 12.4. The normalized spacial score (nSPS) is 11.2. The second-order valence-corrected chi connectivity index (χ2v) is 5.22. The number of nitriles is 1. The van der Waals surface area contributed by atoms with Crippen molar-refractivity contribution in [3.8, 4) is 6.07 Å². The van der Waals surface area contributed by atoms with Crippen LogP contribution in [-0.4, -0.2) is 26.1 Å². The fourth-order valence-corrected chi connectivity index (χ4v) is 2.29. The van der Waals surface area contributed by atoms with Crippen LogP contribution < -0.4 is 10.9 Å². The second kappa shape index (κ2) is 6.76. The van der Waals surface area contributed by atoms with E-state index in [0.29, 0.717) is 16.8 Å². The Morgan fingerprint density at radius 1 is 1.36 bits per heavy atom. The molecule has 0 aliphatic carbocycles. The smallest absolute Gasteiger partial charge is 0.325 e. The predicted molar refractivity (Wildman–Crippen MR) is 79.6 cm³/mol. The highest BCUT2D eigenvalue weighted by atomic mass is 19.4. The van der Waals surface area contributed by atoms with Gasteiger partial charge in [0, 0.05) is 12.1 Å². The molecule has 0 saturated carbocycles. The Morgan fingerprint density at radius 2 is 2.04 bits per heavy atom. The Hall–Kier alpha value is -3.16. The average molecular weight is 354 g/mol. The highest BCUT2D eigenvalue weighted by molar-refractivity contribution is 5.89. The predicted octanol–water partition coefficient (Wildman–Crippen LogP) is 1.57. The summed E-state index contributed by atoms with van der Waals surface area (Å²) in [5.74, 6) is -2.39. The largest absolute Gasteiger partial charge is 0.451 e. The minimum atomic E-state index is -4.69. The molecule has 132 valence electrons. The van der Waals surface area contributed by atoms with Crippen molar-refractivity contribution in [2.45, 2.75) is 32.9 Å². The number of halogens is 3. The first-order valence-electron chi connectivity index (χ1n) is 7.05. The number of amides is 1. The van der Waals surface area contributed by atoms with Gasteiger partial charge < -0.3 is 4.98 Å². The SMILES string of the molecule is Cc1[nH]c(=O)c(C#N)c(C)c1CCC(=O)Nc1n[nH]c(C(F)(F)F)n1. The Kier molecular flexibility index (Phi) is 4.92. The van der Waals surface area contributed by atoms with E-state index in [1.54, 1.807) is 25.0 Å². The molecule has 25 heavy (non-hydrogen) atoms. The summed E-state index contributed by atoms with van der Waals surface area (Å²) in [4.78, 5) is 29.2. The molecule has 0 bridgehead atoms. The van der Waals surface area contributed by atoms with Crippen LogP contribution in [-0.2, 0) is 17.4 Å². The molecule has 0 aliphatic rings. The molecule has 0 fully saturated rings. The van der Waals surface area contributed by atoms with E-state index in [2.05, 4.69) is 20.4 Å². The number of hydrogen-bond donors (Lipinski definition) is 3. The number of rotatable bonds is 4. The van der Waals surface area contributed by atoms with Gasteiger partial charge in [-0.3, -0.25) is 20.0 Å². The Bertz CT molecular complexity index is 907. The molecule has 1 amide bonds. The summed E-state index contributed by atoms with van der Waals surface area (Å²) in [6.45, 7) is 3.23. The van der Waals surface area contributed by atoms with Gasteiger partial charge in [0.1, 0.15) is 11.6 Å². The Balaban J connectivity index is 2.07. The number of alkyl halides is 3. The summed E-state index contributed by atoms with van der Waals surface area (Å²) in [6.07, 6.45) is -4.59. The first-order chi connectivity index (χ1) is 11.6. The Labute approximate surface area is 139 Å². The molecule has 0 aliphatic heterocycles. The van der Waals surface area contributed by atoms with Crippen LogP contribution in [0.15, 0.2) is 4.79 Å². The van der Waals surface area contributed by atoms with Gasteiger partial charge >= 0.3 is 6.18 Å². The number of hydrogen-bond acceptors (Lipinski definition) is 5. The lowest BCUT2D eigenvalue weighted by molar-refractivity contribution is -0.144. The van der Waals surface area contributed by atoms with Gasteiger partial charge in [0.15, 0.2) is 0 Å². The van der Waals surface area contributed by atoms with Crippen LogP contribution in [0.2, 0.25) is 0 Å². The van der Waals surface area contributed by atoms with Crippen LogP contribution in [0.1, 0.15) is 34.6 Å². The Morgan fingerprint density at radius 3 is 2.60 bits per heavy atom. The summed E-state index contributed by atoms with van der Waals surface area (Å²) in [7, 11) is 0. The van der Waals surface area contributed by atoms with E-state index in [0.717, 1.165) is 0 Å². The van der Waals surface area contributed by atoms with Gasteiger partial charge in [0.2, 0.25) is 17.7 Å². The zero-order valence-electron chi connectivity index (χ0n) is 13.2. The number of nitrogens with one attached hydrogen (secondary N) is 3. The molecule has 2 heterocycles. The first kappa shape index (κ1) is 18.2. The molecule has 8 nitrogen and oxygen atoms in total. The van der Waals surface area contributed by atoms with E-state index < -0.39 is 29.4 Å². The van der Waals surface area contributed by atoms with E-state index in [4.69, 9.17) is 5.26 Å². The molecule has 0 saturated heterocycles. The van der Waals surface area contributed by atoms with Crippen molar-refractivity contribution < 1.29 is 18.0 Å². The standard InChI is InChI=1S/C14H13F3N6O2/c1-6-8(7(2)19-11(25)9(6)5-18)3-4-10(24)20-13-21-12(22-23-13)14(15,16)17/h3-4H2,1-2H3,(H,19,25)(H2,20,21,22,23,24). The van der Waals surface area contributed by atoms with Crippen LogP contribution in [0.5, 0.6) is 0 Å². The van der Waals surface area contributed by atoms with Crippen LogP contribution in [0.25, 0.3) is 0 Å². The molecule has 2 rings (SSSR count). The lowest BCUT2D eigenvalue weighted by Crippen LogP contribution is -2.18. The second-order valence-electron chi connectivity index (χ2n) is 5.22. The maximum atomic E-state index is 12.4. The monoisotopic (exact) mass is 354 g/mol. The number of aromatic nitrogens is 4. The van der Waals surface area contributed by atoms with Crippen LogP contribution >= 0.6 is 0 Å². The summed E-state index contributed by atoms with van der Waals surface area (Å²) in [5.41, 5.74) is 1.06. The molecule has 0 atom stereocenters. The minimum Gasteiger partial charge on any atom is -0.325 e. The highest BCUT2D eigenvalue weighted by Gasteiger charge is 2.35. The van der Waals surface area contributed by atoms with Gasteiger partial charge in [-0.05, 0) is 31.4 Å². The number of aryl methyl sites for hydroxylation is 1. The van der Waals surface area contributed by atoms with Crippen molar-refractivity contribution in [3.63, 3.8) is 0 Å². The molecule has 11 heteroatoms. The number of anilines is 1. The van der Waals surface area contributed by atoms with E-state index in [1.807, 2.05) is 0 Å². The molecule has 3 N–H and O–H groups in total. The fourth-order valence-electron chi connectivity index (χ4n) is 2.29. The van der Waals surface area contributed by atoms with E-state index in [1.165, 1.54) is 0 Å². The molecular weight excluding hydrogens is 341 g/mol. The third-order valence-electron chi connectivity index (χ3n) is 3.53. The lowest BCUT2D eigenvalue weighted by atomic mass is 9.99. The third kappa shape index (κ3) is 4.03. The van der Waals surface area contributed by atoms with E-state index in [9.17, 15) is 22.8 Å². The summed E-state index contributed by atoms with van der Waals surface area (Å²) < 4.78 is 37.2. The van der Waals surface area contributed by atoms with Crippen molar-refractivity contribution in [2.75, 3.05) is 5.32 Å². The number of aromatic amines is 2. The van der Waals surface area contributed by atoms with Crippen LogP contribution in [0.4, 0.5) is 19.1 Å². The molecule has 0 unspecified atom stereocenters. The molecule has 2 aromatic rings. The number of H-pyrrole nitrogens is 2. The summed E-state index contributed by atoms with van der Waals surface area (Å²) >= 11 is 0. The fraction of sp³-hybridized carbons (Fsp3) is 0.357. The molecule has 0 aromatic carbocycles. The molecule has 2 aromatic heterocycles. The topological polar surface area (TPSA) is 127 Å². The van der Waals surface area contributed by atoms with Crippen LogP contribution in [0.3, 0.4) is 0 Å². The van der Waals surface area contributed by atoms with Crippen molar-refractivity contribution in [1.29, 1.82) is 5.26 Å². The van der Waals surface area contributed by atoms with Crippen LogP contribution in [0, 0.1) is 25.2 Å². The quantitative estimate of drug-likeness (QED) is 0.768. The lowest BCUT2D eigenvalue weighted by Gasteiger charge is -2.10. The van der Waals surface area contributed by atoms with Gasteiger partial charge in [0.05, 0.1) is 0 Å². The maximum Gasteiger partial charge on any atom is 0.451 e. The van der Waals surface area contributed by atoms with Gasteiger partial charge in [-0.15, -0.1) is 5.10 Å². The average Bonchev–Trinajstić information content (AvgIpc) is 2.95. The minimum absolute atomic E-state index is 0.0372. The van der Waals surface area contributed by atoms with Crippen molar-refractivity contribution >= 4 is 11.9 Å². The van der Waals surface area contributed by atoms with Gasteiger partial charge in [-0.2, -0.15) is 23.4 Å². The van der Waals surface area contributed by atoms with Crippen molar-refractivity contribution in [3.05, 3.63) is 38.6 Å². The summed E-state index contributed by atoms with van der Waals surface area (Å²) in [6, 6.07) is 1.80. The zero-order valence-corrected chi connectivity index (χ0v) is 13.2. The zero-order chi connectivity index (χ0) is 18.8. The highest BCUT2D eigenvalue weighted by Crippen LogP contribution is 2.26. The number of carbonyl (C=O) groups excluding carboxylic acids is 1. The molecule has 0 spiro atoms. The van der Waals surface area contributed by atoms with Crippen molar-refractivity contribution in [1.82, 2.24) is 20.2 Å². The third-order valence-corrected chi connectivity index (χ3v) is 3.53.